The Balaban J connectivity index is 1.68. The third-order valence-electron chi connectivity index (χ3n) is 6.30. The number of carbonyl (C=O) groups is 1. The van der Waals surface area contributed by atoms with Gasteiger partial charge in [-0.2, -0.15) is 0 Å². The summed E-state index contributed by atoms with van der Waals surface area (Å²) in [5, 5.41) is 2.37. The van der Waals surface area contributed by atoms with Gasteiger partial charge in [0.15, 0.2) is 0 Å². The van der Waals surface area contributed by atoms with E-state index in [4.69, 9.17) is 17.3 Å². The summed E-state index contributed by atoms with van der Waals surface area (Å²) in [4.78, 5) is 18.0. The number of amides is 1. The van der Waals surface area contributed by atoms with Crippen molar-refractivity contribution < 1.29 is 4.79 Å². The Kier molecular flexibility index (Phi) is 2.95. The molecule has 6 rings (SSSR count). The van der Waals surface area contributed by atoms with Crippen LogP contribution in [0.15, 0.2) is 24.3 Å². The molecular weight excluding hydrogens is 322 g/mol. The number of halogens is 1. The Hall–Kier alpha value is -1.78. The number of fused-ring (bicyclic) bond motifs is 3. The molecule has 4 heterocycles. The Morgan fingerprint density at radius 3 is 2.54 bits per heavy atom. The largest absolute Gasteiger partial charge is 0.397 e. The van der Waals surface area contributed by atoms with Gasteiger partial charge in [-0.3, -0.25) is 4.79 Å². The number of nitrogens with zero attached hydrogens (tertiary/aromatic N) is 2. The van der Waals surface area contributed by atoms with Crippen molar-refractivity contribution in [1.29, 1.82) is 0 Å². The van der Waals surface area contributed by atoms with E-state index in [1.54, 1.807) is 6.07 Å². The summed E-state index contributed by atoms with van der Waals surface area (Å²) < 4.78 is 0. The van der Waals surface area contributed by atoms with Gasteiger partial charge in [-0.15, -0.1) is 0 Å². The van der Waals surface area contributed by atoms with E-state index < -0.39 is 0 Å². The fourth-order valence-electron chi connectivity index (χ4n) is 4.83. The van der Waals surface area contributed by atoms with Gasteiger partial charge >= 0.3 is 0 Å². The summed E-state index contributed by atoms with van der Waals surface area (Å²) in [5.74, 6) is 0.121. The standard InChI is InChI=1S/C19H20ClN3O/c20-15-10-14-16-12(2-1-3-13(16)17(15)21)11-23(18(14)24)19-4-7-22(8-5-19)9-6-19/h1-3,10H,4-9,11,21H2. The zero-order chi connectivity index (χ0) is 16.5. The van der Waals surface area contributed by atoms with Gasteiger partial charge in [0.25, 0.3) is 5.91 Å². The van der Waals surface area contributed by atoms with E-state index in [1.807, 2.05) is 12.1 Å². The van der Waals surface area contributed by atoms with Crippen LogP contribution in [0.4, 0.5) is 5.69 Å². The monoisotopic (exact) mass is 341 g/mol. The molecule has 3 fully saturated rings. The maximum atomic E-state index is 13.4. The molecule has 2 bridgehead atoms. The zero-order valence-corrected chi connectivity index (χ0v) is 14.3. The number of nitrogens with two attached hydrogens (primary N) is 1. The highest BCUT2D eigenvalue weighted by Crippen LogP contribution is 2.44. The van der Waals surface area contributed by atoms with Crippen LogP contribution < -0.4 is 5.73 Å². The highest BCUT2D eigenvalue weighted by molar-refractivity contribution is 6.36. The molecule has 2 aromatic rings. The van der Waals surface area contributed by atoms with Crippen molar-refractivity contribution in [2.24, 2.45) is 0 Å². The van der Waals surface area contributed by atoms with Crippen LogP contribution in [-0.2, 0) is 6.54 Å². The van der Waals surface area contributed by atoms with Gasteiger partial charge in [0.2, 0.25) is 0 Å². The van der Waals surface area contributed by atoms with Gasteiger partial charge in [-0.1, -0.05) is 29.8 Å². The van der Waals surface area contributed by atoms with E-state index >= 15 is 0 Å². The molecule has 4 nitrogen and oxygen atoms in total. The number of nitrogen functional groups attached to an aromatic ring is 1. The van der Waals surface area contributed by atoms with E-state index in [0.29, 0.717) is 22.8 Å². The van der Waals surface area contributed by atoms with Crippen LogP contribution in [0.5, 0.6) is 0 Å². The van der Waals surface area contributed by atoms with Gasteiger partial charge in [0, 0.05) is 48.1 Å². The van der Waals surface area contributed by atoms with Crippen LogP contribution in [0.25, 0.3) is 10.8 Å². The molecule has 124 valence electrons. The number of carbonyl (C=O) groups excluding carboxylic acids is 1. The Morgan fingerprint density at radius 2 is 1.83 bits per heavy atom. The summed E-state index contributed by atoms with van der Waals surface area (Å²) in [7, 11) is 0. The molecule has 24 heavy (non-hydrogen) atoms. The average Bonchev–Trinajstić information content (AvgIpc) is 2.63. The van der Waals surface area contributed by atoms with Crippen molar-refractivity contribution >= 4 is 34.0 Å². The number of rotatable bonds is 1. The molecule has 0 spiro atoms. The van der Waals surface area contributed by atoms with Crippen LogP contribution in [0, 0.1) is 0 Å². The fraction of sp³-hybridized carbons (Fsp3) is 0.421. The average molecular weight is 342 g/mol. The summed E-state index contributed by atoms with van der Waals surface area (Å²) in [6, 6.07) is 7.87. The SMILES string of the molecule is Nc1c(Cl)cc2c3c(cccc13)CN(C13CCN(CC1)CC3)C2=O. The van der Waals surface area contributed by atoms with Crippen LogP contribution >= 0.6 is 11.6 Å². The molecule has 0 unspecified atom stereocenters. The highest BCUT2D eigenvalue weighted by atomic mass is 35.5. The lowest BCUT2D eigenvalue weighted by Gasteiger charge is -2.54. The van der Waals surface area contributed by atoms with Gasteiger partial charge < -0.3 is 15.5 Å². The first-order valence-corrected chi connectivity index (χ1v) is 9.01. The van der Waals surface area contributed by atoms with E-state index in [0.717, 1.165) is 49.7 Å². The maximum Gasteiger partial charge on any atom is 0.255 e. The van der Waals surface area contributed by atoms with Gasteiger partial charge in [-0.25, -0.2) is 0 Å². The third kappa shape index (κ3) is 1.81. The highest BCUT2D eigenvalue weighted by Gasteiger charge is 2.47. The topological polar surface area (TPSA) is 49.6 Å². The first kappa shape index (κ1) is 14.6. The lowest BCUT2D eigenvalue weighted by atomic mass is 9.76. The van der Waals surface area contributed by atoms with E-state index in [-0.39, 0.29) is 11.4 Å². The molecular formula is C19H20ClN3O. The van der Waals surface area contributed by atoms with E-state index in [1.165, 1.54) is 5.56 Å². The molecule has 0 aliphatic carbocycles. The number of piperidine rings is 3. The smallest absolute Gasteiger partial charge is 0.255 e. The van der Waals surface area contributed by atoms with Crippen molar-refractivity contribution in [3.05, 3.63) is 40.4 Å². The second kappa shape index (κ2) is 4.87. The summed E-state index contributed by atoms with van der Waals surface area (Å²) in [6.45, 7) is 3.99. The maximum absolute atomic E-state index is 13.4. The second-order valence-electron chi connectivity index (χ2n) is 7.37. The number of hydrogen-bond acceptors (Lipinski definition) is 3. The third-order valence-corrected chi connectivity index (χ3v) is 6.61. The van der Waals surface area contributed by atoms with Crippen LogP contribution in [0.1, 0.15) is 35.2 Å². The number of hydrogen-bond donors (Lipinski definition) is 1. The first-order chi connectivity index (χ1) is 11.6. The number of benzene rings is 2. The fourth-order valence-corrected chi connectivity index (χ4v) is 5.04. The van der Waals surface area contributed by atoms with E-state index in [9.17, 15) is 4.79 Å². The summed E-state index contributed by atoms with van der Waals surface area (Å²) >= 11 is 6.32. The molecule has 2 aromatic carbocycles. The summed E-state index contributed by atoms with van der Waals surface area (Å²) in [5.41, 5.74) is 8.64. The van der Waals surface area contributed by atoms with Gasteiger partial charge in [-0.05, 0) is 30.9 Å². The van der Waals surface area contributed by atoms with Gasteiger partial charge in [0.05, 0.1) is 10.7 Å². The second-order valence-corrected chi connectivity index (χ2v) is 7.77. The minimum Gasteiger partial charge on any atom is -0.397 e. The molecule has 4 aliphatic rings. The minimum absolute atomic E-state index is 0.0134. The van der Waals surface area contributed by atoms with Crippen LogP contribution in [-0.4, -0.2) is 40.9 Å². The molecule has 1 amide bonds. The van der Waals surface area contributed by atoms with Crippen molar-refractivity contribution in [2.45, 2.75) is 31.3 Å². The van der Waals surface area contributed by atoms with Crippen molar-refractivity contribution in [2.75, 3.05) is 25.4 Å². The lowest BCUT2D eigenvalue weighted by Crippen LogP contribution is -2.62. The molecule has 4 aliphatic heterocycles. The minimum atomic E-state index is 0.0134. The number of anilines is 1. The zero-order valence-electron chi connectivity index (χ0n) is 13.5. The Labute approximate surface area is 146 Å². The van der Waals surface area contributed by atoms with Crippen LogP contribution in [0.3, 0.4) is 0 Å². The molecule has 0 aromatic heterocycles. The van der Waals surface area contributed by atoms with Crippen molar-refractivity contribution in [3.63, 3.8) is 0 Å². The molecule has 3 saturated heterocycles. The molecule has 0 saturated carbocycles. The Morgan fingerprint density at radius 1 is 1.12 bits per heavy atom. The van der Waals surface area contributed by atoms with E-state index in [2.05, 4.69) is 15.9 Å². The normalized spacial score (nSPS) is 28.6. The Bertz CT molecular complexity index is 857. The lowest BCUT2D eigenvalue weighted by molar-refractivity contribution is -0.0249. The molecule has 0 atom stereocenters. The predicted molar refractivity (Wildman–Crippen MR) is 96.3 cm³/mol. The van der Waals surface area contributed by atoms with Gasteiger partial charge in [0.1, 0.15) is 0 Å². The first-order valence-electron chi connectivity index (χ1n) is 8.63. The molecule has 0 radical (unpaired) electrons. The molecule has 5 heteroatoms. The quantitative estimate of drug-likeness (QED) is 0.810. The summed E-state index contributed by atoms with van der Waals surface area (Å²) in [6.07, 6.45) is 3.23. The van der Waals surface area contributed by atoms with Crippen molar-refractivity contribution in [3.8, 4) is 0 Å². The van der Waals surface area contributed by atoms with Crippen molar-refractivity contribution in [1.82, 2.24) is 9.80 Å². The predicted octanol–water partition coefficient (Wildman–Crippen LogP) is 3.27. The van der Waals surface area contributed by atoms with Crippen LogP contribution in [0.2, 0.25) is 5.02 Å². The molecule has 2 N–H and O–H groups in total.